The molecule has 0 saturated carbocycles. The molecule has 0 spiro atoms. The third-order valence-electron chi connectivity index (χ3n) is 3.58. The first-order valence-electron chi connectivity index (χ1n) is 6.48. The molecule has 6 heteroatoms. The van der Waals surface area contributed by atoms with E-state index in [4.69, 9.17) is 0 Å². The summed E-state index contributed by atoms with van der Waals surface area (Å²) in [6.07, 6.45) is -2.13. The second-order valence-electron chi connectivity index (χ2n) is 5.04. The van der Waals surface area contributed by atoms with Gasteiger partial charge in [0.1, 0.15) is 5.82 Å². The number of hydrogen-bond donors (Lipinski definition) is 0. The minimum absolute atomic E-state index is 0.00404. The van der Waals surface area contributed by atoms with Gasteiger partial charge in [0.2, 0.25) is 0 Å². The van der Waals surface area contributed by atoms with Crippen molar-refractivity contribution >= 4 is 5.91 Å². The Hall–Kier alpha value is -1.59. The lowest BCUT2D eigenvalue weighted by molar-refractivity contribution is -0.140. The molecule has 0 aromatic heterocycles. The molecule has 1 aromatic rings. The molecular formula is C14H15F4NO. The van der Waals surface area contributed by atoms with Crippen LogP contribution in [0.2, 0.25) is 0 Å². The molecule has 0 bridgehead atoms. The number of piperidine rings is 1. The maximum atomic E-state index is 13.2. The normalized spacial score (nSPS) is 20.1. The molecule has 2 nitrogen and oxygen atoms in total. The van der Waals surface area contributed by atoms with E-state index in [-0.39, 0.29) is 11.6 Å². The molecule has 1 amide bonds. The Labute approximate surface area is 114 Å². The number of benzene rings is 1. The van der Waals surface area contributed by atoms with E-state index in [9.17, 15) is 22.4 Å². The van der Waals surface area contributed by atoms with Crippen LogP contribution in [-0.2, 0) is 6.18 Å². The first-order chi connectivity index (χ1) is 9.30. The van der Waals surface area contributed by atoms with Gasteiger partial charge in [-0.25, -0.2) is 4.39 Å². The fourth-order valence-electron chi connectivity index (χ4n) is 2.44. The summed E-state index contributed by atoms with van der Waals surface area (Å²) in [7, 11) is 0. The van der Waals surface area contributed by atoms with E-state index >= 15 is 0 Å². The summed E-state index contributed by atoms with van der Waals surface area (Å²) in [5.74, 6) is -1.83. The Morgan fingerprint density at radius 2 is 2.00 bits per heavy atom. The van der Waals surface area contributed by atoms with Gasteiger partial charge in [-0.05, 0) is 44.4 Å². The first-order valence-corrected chi connectivity index (χ1v) is 6.48. The van der Waals surface area contributed by atoms with Crippen molar-refractivity contribution in [2.24, 2.45) is 0 Å². The van der Waals surface area contributed by atoms with E-state index in [1.54, 1.807) is 4.90 Å². The zero-order valence-electron chi connectivity index (χ0n) is 11.0. The molecule has 20 heavy (non-hydrogen) atoms. The van der Waals surface area contributed by atoms with Crippen molar-refractivity contribution in [1.29, 1.82) is 0 Å². The number of carbonyl (C=O) groups excluding carboxylic acids is 1. The highest BCUT2D eigenvalue weighted by Crippen LogP contribution is 2.32. The van der Waals surface area contributed by atoms with E-state index in [0.717, 1.165) is 25.3 Å². The largest absolute Gasteiger partial charge is 0.419 e. The van der Waals surface area contributed by atoms with E-state index in [1.807, 2.05) is 6.92 Å². The molecule has 110 valence electrons. The molecule has 0 N–H and O–H groups in total. The Kier molecular flexibility index (Phi) is 4.01. The lowest BCUT2D eigenvalue weighted by Crippen LogP contribution is -2.42. The molecule has 1 aliphatic rings. The summed E-state index contributed by atoms with van der Waals surface area (Å²) in [6, 6.07) is 2.40. The van der Waals surface area contributed by atoms with E-state index in [1.165, 1.54) is 0 Å². The predicted octanol–water partition coefficient (Wildman–Crippen LogP) is 3.86. The second-order valence-corrected chi connectivity index (χ2v) is 5.04. The third kappa shape index (κ3) is 2.94. The van der Waals surface area contributed by atoms with E-state index in [0.29, 0.717) is 18.7 Å². The van der Waals surface area contributed by atoms with E-state index < -0.39 is 23.5 Å². The maximum Gasteiger partial charge on any atom is 0.419 e. The van der Waals surface area contributed by atoms with Crippen LogP contribution in [0.1, 0.15) is 42.1 Å². The number of carbonyl (C=O) groups is 1. The van der Waals surface area contributed by atoms with Gasteiger partial charge in [-0.1, -0.05) is 0 Å². The van der Waals surface area contributed by atoms with Gasteiger partial charge in [-0.2, -0.15) is 13.2 Å². The van der Waals surface area contributed by atoms with Crippen LogP contribution < -0.4 is 0 Å². The van der Waals surface area contributed by atoms with Gasteiger partial charge in [0, 0.05) is 18.2 Å². The summed E-state index contributed by atoms with van der Waals surface area (Å²) < 4.78 is 51.1. The smallest absolute Gasteiger partial charge is 0.336 e. The van der Waals surface area contributed by atoms with Crippen molar-refractivity contribution in [3.8, 4) is 0 Å². The topological polar surface area (TPSA) is 20.3 Å². The average molecular weight is 289 g/mol. The molecule has 1 aliphatic heterocycles. The monoisotopic (exact) mass is 289 g/mol. The highest BCUT2D eigenvalue weighted by molar-refractivity contribution is 5.94. The number of halogens is 4. The van der Waals surface area contributed by atoms with Crippen molar-refractivity contribution < 1.29 is 22.4 Å². The van der Waals surface area contributed by atoms with Crippen molar-refractivity contribution in [2.45, 2.75) is 38.4 Å². The number of likely N-dealkylation sites (tertiary alicyclic amines) is 1. The molecule has 0 radical (unpaired) electrons. The minimum Gasteiger partial charge on any atom is -0.336 e. The van der Waals surface area contributed by atoms with Crippen LogP contribution in [-0.4, -0.2) is 23.4 Å². The van der Waals surface area contributed by atoms with Gasteiger partial charge in [0.25, 0.3) is 5.91 Å². The number of rotatable bonds is 1. The zero-order chi connectivity index (χ0) is 14.9. The number of hydrogen-bond acceptors (Lipinski definition) is 1. The molecule has 1 atom stereocenters. The van der Waals surface area contributed by atoms with Crippen LogP contribution >= 0.6 is 0 Å². The molecule has 1 heterocycles. The van der Waals surface area contributed by atoms with Crippen LogP contribution in [0.5, 0.6) is 0 Å². The van der Waals surface area contributed by atoms with Gasteiger partial charge >= 0.3 is 6.18 Å². The fraction of sp³-hybridized carbons (Fsp3) is 0.500. The number of nitrogens with zero attached hydrogens (tertiary/aromatic N) is 1. The predicted molar refractivity (Wildman–Crippen MR) is 65.8 cm³/mol. The van der Waals surface area contributed by atoms with Gasteiger partial charge in [-0.15, -0.1) is 0 Å². The Morgan fingerprint density at radius 3 is 2.60 bits per heavy atom. The Morgan fingerprint density at radius 1 is 1.30 bits per heavy atom. The first kappa shape index (κ1) is 14.8. The van der Waals surface area contributed by atoms with Gasteiger partial charge < -0.3 is 4.90 Å². The third-order valence-corrected chi connectivity index (χ3v) is 3.58. The summed E-state index contributed by atoms with van der Waals surface area (Å²) in [5, 5.41) is 0. The van der Waals surface area contributed by atoms with Gasteiger partial charge in [0.05, 0.1) is 5.56 Å². The van der Waals surface area contributed by atoms with Crippen LogP contribution in [0.15, 0.2) is 18.2 Å². The molecule has 0 aliphatic carbocycles. The number of alkyl halides is 3. The highest BCUT2D eigenvalue weighted by atomic mass is 19.4. The standard InChI is InChI=1S/C14H15F4NO/c1-9-4-2-3-7-19(9)13(20)10-5-6-12(15)11(8-10)14(16,17)18/h5-6,8-9H,2-4,7H2,1H3. The molecule has 1 fully saturated rings. The summed E-state index contributed by atoms with van der Waals surface area (Å²) in [4.78, 5) is 13.8. The summed E-state index contributed by atoms with van der Waals surface area (Å²) in [5.41, 5.74) is -1.51. The summed E-state index contributed by atoms with van der Waals surface area (Å²) in [6.45, 7) is 2.39. The number of amides is 1. The lowest BCUT2D eigenvalue weighted by Gasteiger charge is -2.33. The molecule has 1 saturated heterocycles. The molecule has 1 unspecified atom stereocenters. The maximum absolute atomic E-state index is 13.2. The summed E-state index contributed by atoms with van der Waals surface area (Å²) >= 11 is 0. The SMILES string of the molecule is CC1CCCCN1C(=O)c1ccc(F)c(C(F)(F)F)c1. The van der Waals surface area contributed by atoms with Crippen molar-refractivity contribution in [3.63, 3.8) is 0 Å². The Bertz CT molecular complexity index is 512. The minimum atomic E-state index is -4.80. The van der Waals surface area contributed by atoms with Crippen molar-refractivity contribution in [3.05, 3.63) is 35.1 Å². The Balaban J connectivity index is 2.31. The average Bonchev–Trinajstić information content (AvgIpc) is 2.37. The van der Waals surface area contributed by atoms with Gasteiger partial charge in [-0.3, -0.25) is 4.79 Å². The van der Waals surface area contributed by atoms with Crippen LogP contribution in [0.25, 0.3) is 0 Å². The van der Waals surface area contributed by atoms with Crippen LogP contribution in [0.4, 0.5) is 17.6 Å². The lowest BCUT2D eigenvalue weighted by atomic mass is 10.0. The van der Waals surface area contributed by atoms with Gasteiger partial charge in [0.15, 0.2) is 0 Å². The fourth-order valence-corrected chi connectivity index (χ4v) is 2.44. The quantitative estimate of drug-likeness (QED) is 0.719. The molecule has 1 aromatic carbocycles. The second kappa shape index (κ2) is 5.42. The zero-order valence-corrected chi connectivity index (χ0v) is 11.0. The van der Waals surface area contributed by atoms with Crippen molar-refractivity contribution in [1.82, 2.24) is 4.90 Å². The molecular weight excluding hydrogens is 274 g/mol. The molecule has 2 rings (SSSR count). The van der Waals surface area contributed by atoms with Crippen LogP contribution in [0, 0.1) is 5.82 Å². The highest BCUT2D eigenvalue weighted by Gasteiger charge is 2.35. The van der Waals surface area contributed by atoms with E-state index in [2.05, 4.69) is 0 Å². The van der Waals surface area contributed by atoms with Crippen LogP contribution in [0.3, 0.4) is 0 Å². The van der Waals surface area contributed by atoms with Crippen molar-refractivity contribution in [2.75, 3.05) is 6.54 Å².